The van der Waals surface area contributed by atoms with Gasteiger partial charge in [-0.3, -0.25) is 0 Å². The Bertz CT molecular complexity index is 453. The van der Waals surface area contributed by atoms with Crippen molar-refractivity contribution in [3.05, 3.63) is 35.9 Å². The van der Waals surface area contributed by atoms with E-state index in [1.54, 1.807) is 7.11 Å². The van der Waals surface area contributed by atoms with E-state index in [9.17, 15) is 5.11 Å². The fraction of sp³-hybridized carbons (Fsp3) is 0.600. The van der Waals surface area contributed by atoms with Crippen LogP contribution in [-0.2, 0) is 23.7 Å². The van der Waals surface area contributed by atoms with E-state index >= 15 is 0 Å². The molecule has 1 aromatic carbocycles. The average Bonchev–Trinajstić information content (AvgIpc) is 2.54. The van der Waals surface area contributed by atoms with Crippen LogP contribution in [0.4, 0.5) is 0 Å². The van der Waals surface area contributed by atoms with Crippen LogP contribution in [0.1, 0.15) is 11.9 Å². The number of hydrogen-bond acceptors (Lipinski definition) is 6. The summed E-state index contributed by atoms with van der Waals surface area (Å²) in [6, 6.07) is 9.66. The molecule has 3 rings (SSSR count). The van der Waals surface area contributed by atoms with Gasteiger partial charge >= 0.3 is 0 Å². The number of methoxy groups -OCH3 is 2. The third kappa shape index (κ3) is 2.83. The van der Waals surface area contributed by atoms with Crippen LogP contribution >= 0.6 is 0 Å². The molecule has 0 unspecified atom stereocenters. The normalized spacial score (nSPS) is 39.8. The monoisotopic (exact) mass is 296 g/mol. The van der Waals surface area contributed by atoms with Crippen molar-refractivity contribution in [1.29, 1.82) is 0 Å². The van der Waals surface area contributed by atoms with E-state index in [1.165, 1.54) is 7.11 Å². The van der Waals surface area contributed by atoms with Crippen molar-refractivity contribution >= 4 is 0 Å². The van der Waals surface area contributed by atoms with E-state index in [0.29, 0.717) is 6.61 Å². The fourth-order valence-corrected chi connectivity index (χ4v) is 2.81. The summed E-state index contributed by atoms with van der Waals surface area (Å²) in [7, 11) is 3.03. The summed E-state index contributed by atoms with van der Waals surface area (Å²) in [5, 5.41) is 10.2. The Morgan fingerprint density at radius 3 is 2.52 bits per heavy atom. The molecule has 1 N–H and O–H groups in total. The number of hydrogen-bond donors (Lipinski definition) is 1. The third-order valence-electron chi connectivity index (χ3n) is 3.88. The zero-order chi connectivity index (χ0) is 14.8. The summed E-state index contributed by atoms with van der Waals surface area (Å²) in [4.78, 5) is 0. The first kappa shape index (κ1) is 14.9. The molecule has 116 valence electrons. The first-order valence-corrected chi connectivity index (χ1v) is 6.95. The van der Waals surface area contributed by atoms with E-state index in [4.69, 9.17) is 23.7 Å². The molecule has 6 nitrogen and oxygen atoms in total. The van der Waals surface area contributed by atoms with Gasteiger partial charge < -0.3 is 28.8 Å². The summed E-state index contributed by atoms with van der Waals surface area (Å²) in [6.07, 6.45) is -3.39. The maximum atomic E-state index is 10.2. The smallest absolute Gasteiger partial charge is 0.186 e. The first-order valence-electron chi connectivity index (χ1n) is 6.95. The number of benzene rings is 1. The lowest BCUT2D eigenvalue weighted by Gasteiger charge is -2.47. The molecular formula is C15H20O6. The van der Waals surface area contributed by atoms with Crippen molar-refractivity contribution in [2.75, 3.05) is 20.8 Å². The van der Waals surface area contributed by atoms with Gasteiger partial charge in [-0.1, -0.05) is 30.3 Å². The van der Waals surface area contributed by atoms with Crippen LogP contribution in [-0.4, -0.2) is 56.6 Å². The van der Waals surface area contributed by atoms with E-state index in [2.05, 4.69) is 0 Å². The van der Waals surface area contributed by atoms with Crippen molar-refractivity contribution < 1.29 is 28.8 Å². The van der Waals surface area contributed by atoms with E-state index in [-0.39, 0.29) is 6.10 Å². The van der Waals surface area contributed by atoms with Gasteiger partial charge in [0, 0.05) is 19.8 Å². The van der Waals surface area contributed by atoms with Gasteiger partial charge in [0.1, 0.15) is 24.4 Å². The molecule has 21 heavy (non-hydrogen) atoms. The lowest BCUT2D eigenvalue weighted by Crippen LogP contribution is -2.62. The number of fused-ring (bicyclic) bond motifs is 1. The van der Waals surface area contributed by atoms with E-state index < -0.39 is 30.9 Å². The summed E-state index contributed by atoms with van der Waals surface area (Å²) >= 11 is 0. The van der Waals surface area contributed by atoms with Gasteiger partial charge in [0.05, 0.1) is 6.61 Å². The highest BCUT2D eigenvalue weighted by Gasteiger charge is 2.49. The van der Waals surface area contributed by atoms with E-state index in [1.807, 2.05) is 30.3 Å². The maximum Gasteiger partial charge on any atom is 0.186 e. The van der Waals surface area contributed by atoms with Crippen LogP contribution in [0, 0.1) is 0 Å². The van der Waals surface area contributed by atoms with Gasteiger partial charge in [-0.25, -0.2) is 0 Å². The molecule has 0 spiro atoms. The van der Waals surface area contributed by atoms with Gasteiger partial charge in [-0.15, -0.1) is 0 Å². The minimum Gasteiger partial charge on any atom is -0.385 e. The van der Waals surface area contributed by atoms with Crippen molar-refractivity contribution in [2.24, 2.45) is 0 Å². The topological polar surface area (TPSA) is 66.4 Å². The minimum atomic E-state index is -0.907. The van der Waals surface area contributed by atoms with Gasteiger partial charge in [0.25, 0.3) is 0 Å². The predicted molar refractivity (Wildman–Crippen MR) is 72.5 cm³/mol. The van der Waals surface area contributed by atoms with E-state index in [0.717, 1.165) is 5.56 Å². The fourth-order valence-electron chi connectivity index (χ4n) is 2.81. The Hall–Kier alpha value is -1.02. The standard InChI is InChI=1S/C15H20O6/c1-17-13-11(16)15(18-2)20-10-8-19-14(21-12(10)13)9-6-4-3-5-7-9/h3-7,10-16H,8H2,1-2H3/t10-,11+,12-,13+,14+,15-/m1/s1. The van der Waals surface area contributed by atoms with Crippen LogP contribution < -0.4 is 0 Å². The number of aliphatic hydroxyl groups excluding tert-OH is 1. The molecule has 6 atom stereocenters. The molecule has 2 aliphatic rings. The second-order valence-electron chi connectivity index (χ2n) is 5.15. The molecule has 2 heterocycles. The third-order valence-corrected chi connectivity index (χ3v) is 3.88. The number of aliphatic hydroxyl groups is 1. The van der Waals surface area contributed by atoms with Crippen LogP contribution in [0.25, 0.3) is 0 Å². The van der Waals surface area contributed by atoms with Crippen molar-refractivity contribution in [3.8, 4) is 0 Å². The van der Waals surface area contributed by atoms with Gasteiger partial charge in [0.2, 0.25) is 0 Å². The number of rotatable bonds is 3. The molecule has 2 fully saturated rings. The average molecular weight is 296 g/mol. The number of ether oxygens (including phenoxy) is 5. The van der Waals surface area contributed by atoms with Crippen LogP contribution in [0.2, 0.25) is 0 Å². The molecule has 0 bridgehead atoms. The molecule has 2 saturated heterocycles. The van der Waals surface area contributed by atoms with Crippen molar-refractivity contribution in [1.82, 2.24) is 0 Å². The molecule has 6 heteroatoms. The Kier molecular flexibility index (Phi) is 4.54. The predicted octanol–water partition coefficient (Wildman–Crippen LogP) is 0.848. The Balaban J connectivity index is 1.77. The minimum absolute atomic E-state index is 0.330. The van der Waals surface area contributed by atoms with Gasteiger partial charge in [-0.2, -0.15) is 0 Å². The van der Waals surface area contributed by atoms with Gasteiger partial charge in [-0.05, 0) is 0 Å². The highest BCUT2D eigenvalue weighted by atomic mass is 16.8. The molecule has 1 aromatic rings. The summed E-state index contributed by atoms with van der Waals surface area (Å²) < 4.78 is 27.9. The Labute approximate surface area is 123 Å². The molecule has 0 aliphatic carbocycles. The summed E-state index contributed by atoms with van der Waals surface area (Å²) in [5.41, 5.74) is 0.925. The maximum absolute atomic E-state index is 10.2. The largest absolute Gasteiger partial charge is 0.385 e. The molecule has 0 radical (unpaired) electrons. The van der Waals surface area contributed by atoms with Crippen molar-refractivity contribution in [2.45, 2.75) is 37.0 Å². The highest BCUT2D eigenvalue weighted by Crippen LogP contribution is 2.35. The molecule has 0 aromatic heterocycles. The second kappa shape index (κ2) is 6.39. The summed E-state index contributed by atoms with van der Waals surface area (Å²) in [5.74, 6) is 0. The molecular weight excluding hydrogens is 276 g/mol. The zero-order valence-electron chi connectivity index (χ0n) is 12.0. The quantitative estimate of drug-likeness (QED) is 0.892. The lowest BCUT2D eigenvalue weighted by molar-refractivity contribution is -0.360. The molecule has 2 aliphatic heterocycles. The van der Waals surface area contributed by atoms with Gasteiger partial charge in [0.15, 0.2) is 12.6 Å². The second-order valence-corrected chi connectivity index (χ2v) is 5.15. The Morgan fingerprint density at radius 2 is 1.86 bits per heavy atom. The highest BCUT2D eigenvalue weighted by molar-refractivity contribution is 5.16. The molecule has 0 saturated carbocycles. The van der Waals surface area contributed by atoms with Crippen LogP contribution in [0.15, 0.2) is 30.3 Å². The SMILES string of the molecule is CO[C@@H]1O[C@@H]2CO[C@H](c3ccccc3)O[C@H]2[C@@H](OC)[C@@H]1O. The zero-order valence-corrected chi connectivity index (χ0v) is 12.0. The van der Waals surface area contributed by atoms with Crippen LogP contribution in [0.5, 0.6) is 0 Å². The molecule has 0 amide bonds. The first-order chi connectivity index (χ1) is 10.2. The Morgan fingerprint density at radius 1 is 1.10 bits per heavy atom. The van der Waals surface area contributed by atoms with Crippen LogP contribution in [0.3, 0.4) is 0 Å². The summed E-state index contributed by atoms with van der Waals surface area (Å²) in [6.45, 7) is 0.358. The lowest BCUT2D eigenvalue weighted by atomic mass is 9.97. The van der Waals surface area contributed by atoms with Crippen molar-refractivity contribution in [3.63, 3.8) is 0 Å².